The van der Waals surface area contributed by atoms with Crippen molar-refractivity contribution >= 4 is 36.5 Å². The molecule has 0 radical (unpaired) electrons. The molecule has 9 atom stereocenters. The van der Waals surface area contributed by atoms with Gasteiger partial charge in [-0.15, -0.1) is 0 Å². The van der Waals surface area contributed by atoms with Gasteiger partial charge in [0.25, 0.3) is 0 Å². The molecule has 7 aromatic rings. The lowest BCUT2D eigenvalue weighted by Crippen LogP contribution is -2.10. The Morgan fingerprint density at radius 2 is 0.299 bits per heavy atom. The van der Waals surface area contributed by atoms with Crippen molar-refractivity contribution in [3.63, 3.8) is 0 Å². The molecule has 6 aromatic carbocycles. The van der Waals surface area contributed by atoms with Crippen LogP contribution < -0.4 is 42.6 Å². The van der Waals surface area contributed by atoms with E-state index in [0.29, 0.717) is 183 Å². The second kappa shape index (κ2) is 71.5. The SMILES string of the molecule is CC(C)CCCC(C)CCOc1cc(/C=C/c2ccc(-c3nc(-c4ccc(/C=C/c5cc(OCCC(C)CCCC(C)C)c(OCCC(C)CCCC(C)C)c(OCCC(C)CCCC(C)C)c5)cc4)nc(-c4ccc(/C=C/c5cc(OCCC(C)CCCC(C)C)c(OCCC(C)CCCC(C)C)c(OCCC(C)CCCC(C)C)c5)cc4)n3)cc2)cc(OCCC(C)CCCC(C)C)c1OCCC(C)CCCC(C)C. The fraction of sp³-hybridized carbons (Fsp3) is 0.667. The fourth-order valence-electron chi connectivity index (χ4n) is 19.2. The summed E-state index contributed by atoms with van der Waals surface area (Å²) in [6.07, 6.45) is 54.9. The normalized spacial score (nSPS) is 14.0. The van der Waals surface area contributed by atoms with E-state index in [1.807, 2.05) is 0 Å². The van der Waals surface area contributed by atoms with Crippen LogP contribution in [-0.4, -0.2) is 74.4 Å². The highest BCUT2D eigenvalue weighted by Crippen LogP contribution is 2.45. The molecule has 0 N–H and O–H groups in total. The van der Waals surface area contributed by atoms with Gasteiger partial charge in [0, 0.05) is 16.7 Å². The van der Waals surface area contributed by atoms with Gasteiger partial charge in [0.15, 0.2) is 52.0 Å². The van der Waals surface area contributed by atoms with Crippen LogP contribution in [0.1, 0.15) is 451 Å². The molecule has 0 bridgehead atoms. The molecule has 147 heavy (non-hydrogen) atoms. The number of hydrogen-bond donors (Lipinski definition) is 0. The van der Waals surface area contributed by atoms with E-state index in [-0.39, 0.29) is 0 Å². The Kier molecular flexibility index (Phi) is 61.2. The van der Waals surface area contributed by atoms with Gasteiger partial charge in [0.05, 0.1) is 59.5 Å². The van der Waals surface area contributed by atoms with E-state index in [2.05, 4.69) is 333 Å². The molecule has 0 saturated carbocycles. The summed E-state index contributed by atoms with van der Waals surface area (Å²) in [5.41, 5.74) is 8.68. The molecule has 822 valence electrons. The lowest BCUT2D eigenvalue weighted by atomic mass is 9.97. The van der Waals surface area contributed by atoms with Crippen LogP contribution in [0.15, 0.2) is 109 Å². The third-order valence-electron chi connectivity index (χ3n) is 29.8. The first kappa shape index (κ1) is 126. The molecule has 0 saturated heterocycles. The molecule has 12 nitrogen and oxygen atoms in total. The average Bonchev–Trinajstić information content (AvgIpc) is 0.790. The van der Waals surface area contributed by atoms with E-state index in [9.17, 15) is 0 Å². The molecule has 0 aliphatic rings. The van der Waals surface area contributed by atoms with Crippen LogP contribution in [0.2, 0.25) is 0 Å². The molecule has 0 spiro atoms. The van der Waals surface area contributed by atoms with Crippen LogP contribution >= 0.6 is 0 Å². The van der Waals surface area contributed by atoms with E-state index in [1.165, 1.54) is 173 Å². The summed E-state index contributed by atoms with van der Waals surface area (Å²) in [7, 11) is 0. The summed E-state index contributed by atoms with van der Waals surface area (Å²) >= 11 is 0. The Balaban J connectivity index is 1.32. The second-order valence-corrected chi connectivity index (χ2v) is 49.3. The van der Waals surface area contributed by atoms with E-state index in [0.717, 1.165) is 160 Å². The van der Waals surface area contributed by atoms with Crippen molar-refractivity contribution in [2.24, 2.45) is 107 Å². The third kappa shape index (κ3) is 54.0. The third-order valence-corrected chi connectivity index (χ3v) is 29.8. The largest absolute Gasteiger partial charge is 0.490 e. The Hall–Kier alpha value is -8.25. The lowest BCUT2D eigenvalue weighted by Gasteiger charge is -2.21. The molecule has 7 rings (SSSR count). The summed E-state index contributed by atoms with van der Waals surface area (Å²) in [5.74, 6) is 19.6. The number of hydrogen-bond acceptors (Lipinski definition) is 12. The quantitative estimate of drug-likeness (QED) is 0.0337. The van der Waals surface area contributed by atoms with E-state index < -0.39 is 0 Å². The summed E-state index contributed by atoms with van der Waals surface area (Å²) in [5, 5.41) is 0. The van der Waals surface area contributed by atoms with Crippen molar-refractivity contribution in [1.82, 2.24) is 15.0 Å². The highest BCUT2D eigenvalue weighted by atomic mass is 16.6. The number of rotatable bonds is 81. The second-order valence-electron chi connectivity index (χ2n) is 49.3. The fourth-order valence-corrected chi connectivity index (χ4v) is 19.2. The van der Waals surface area contributed by atoms with E-state index in [1.54, 1.807) is 0 Å². The average molecular weight is 2020 g/mol. The molecule has 12 heteroatoms. The summed E-state index contributed by atoms with van der Waals surface area (Å²) < 4.78 is 62.3. The first-order valence-electron chi connectivity index (χ1n) is 59.8. The standard InChI is InChI=1S/C135H213N3O9/c1-97(2)37-28-46-106(19)73-82-139-124-91-118(92-125(140-83-74-107(20)47-29-38-98(3)4)130(124)145-88-79-112(25)52-34-43-103(13)14)58-55-115-61-67-121(68-62-115)133-136-134(122-69-63-116(64-70-122)56-59-119-93-126(141-84-75-108(21)48-30-39-99(5)6)131(146-89-80-113(26)53-35-44-104(15)16)127(94-119)142-85-76-109(22)49-31-40-100(7)8)138-135(137-133)123-71-65-117(66-72-123)57-60-120-95-128(143-86-77-110(23)50-32-41-101(9)10)132(147-90-81-114(27)54-36-45-105(17)18)129(96-120)144-87-78-111(24)51-33-42-102(11)12/h55-72,91-114H,28-54,73-90H2,1-27H3/b58-55+,59-56+,60-57+. The van der Waals surface area contributed by atoms with Crippen LogP contribution in [-0.2, 0) is 0 Å². The summed E-state index contributed by atoms with van der Waals surface area (Å²) in [4.78, 5) is 16.1. The van der Waals surface area contributed by atoms with Crippen LogP contribution in [0.5, 0.6) is 51.7 Å². The maximum absolute atomic E-state index is 6.92. The molecular weight excluding hydrogens is 1810 g/mol. The van der Waals surface area contributed by atoms with Crippen molar-refractivity contribution in [2.75, 3.05) is 59.5 Å². The van der Waals surface area contributed by atoms with Gasteiger partial charge in [0.1, 0.15) is 0 Å². The van der Waals surface area contributed by atoms with Gasteiger partial charge in [-0.1, -0.05) is 470 Å². The number of nitrogens with zero attached hydrogens (tertiary/aromatic N) is 3. The molecule has 0 aliphatic carbocycles. The Morgan fingerprint density at radius 1 is 0.163 bits per heavy atom. The van der Waals surface area contributed by atoms with Crippen LogP contribution in [0, 0.1) is 107 Å². The molecule has 0 amide bonds. The van der Waals surface area contributed by atoms with Gasteiger partial charge in [-0.2, -0.15) is 0 Å². The Labute approximate surface area is 900 Å². The highest BCUT2D eigenvalue weighted by Gasteiger charge is 2.25. The predicted molar refractivity (Wildman–Crippen MR) is 634 cm³/mol. The van der Waals surface area contributed by atoms with Crippen LogP contribution in [0.3, 0.4) is 0 Å². The minimum atomic E-state index is 0.545. The van der Waals surface area contributed by atoms with Gasteiger partial charge in [-0.3, -0.25) is 0 Å². The minimum Gasteiger partial charge on any atom is -0.490 e. The zero-order chi connectivity index (χ0) is 107. The molecule has 1 heterocycles. The van der Waals surface area contributed by atoms with Crippen LogP contribution in [0.25, 0.3) is 70.6 Å². The molecular formula is C135H213N3O9. The van der Waals surface area contributed by atoms with E-state index >= 15 is 0 Å². The predicted octanol–water partition coefficient (Wildman–Crippen LogP) is 40.5. The Bertz CT molecular complexity index is 4110. The maximum Gasteiger partial charge on any atom is 0.203 e. The monoisotopic (exact) mass is 2020 g/mol. The number of ether oxygens (including phenoxy) is 9. The zero-order valence-electron chi connectivity index (χ0n) is 98.6. The summed E-state index contributed by atoms with van der Waals surface area (Å²) in [6, 6.07) is 38.8. The van der Waals surface area contributed by atoms with E-state index in [4.69, 9.17) is 57.6 Å². The van der Waals surface area contributed by atoms with Crippen molar-refractivity contribution in [3.8, 4) is 85.9 Å². The van der Waals surface area contributed by atoms with Crippen molar-refractivity contribution in [2.45, 2.75) is 418 Å². The molecule has 0 fully saturated rings. The van der Waals surface area contributed by atoms with Gasteiger partial charge in [0.2, 0.25) is 17.2 Å². The number of benzene rings is 6. The maximum atomic E-state index is 6.92. The highest BCUT2D eigenvalue weighted by molar-refractivity contribution is 5.78. The van der Waals surface area contributed by atoms with Gasteiger partial charge >= 0.3 is 0 Å². The van der Waals surface area contributed by atoms with Crippen LogP contribution in [0.4, 0.5) is 0 Å². The first-order valence-corrected chi connectivity index (χ1v) is 59.8. The van der Waals surface area contributed by atoms with Crippen molar-refractivity contribution in [3.05, 3.63) is 143 Å². The number of aromatic nitrogens is 3. The van der Waals surface area contributed by atoms with Crippen molar-refractivity contribution < 1.29 is 42.6 Å². The zero-order valence-corrected chi connectivity index (χ0v) is 98.6. The minimum absolute atomic E-state index is 0.545. The lowest BCUT2D eigenvalue weighted by molar-refractivity contribution is 0.216. The topological polar surface area (TPSA) is 122 Å². The first-order chi connectivity index (χ1) is 70.5. The Morgan fingerprint density at radius 3 is 0.442 bits per heavy atom. The van der Waals surface area contributed by atoms with Crippen molar-refractivity contribution in [1.29, 1.82) is 0 Å². The van der Waals surface area contributed by atoms with Gasteiger partial charge in [-0.25, -0.2) is 15.0 Å². The van der Waals surface area contributed by atoms with Gasteiger partial charge < -0.3 is 42.6 Å². The summed E-state index contributed by atoms with van der Waals surface area (Å²) in [6.45, 7) is 68.6. The molecule has 0 aliphatic heterocycles. The molecule has 9 unspecified atom stereocenters. The molecule has 1 aromatic heterocycles. The smallest absolute Gasteiger partial charge is 0.203 e. The van der Waals surface area contributed by atoms with Gasteiger partial charge in [-0.05, 0) is 234 Å².